The second kappa shape index (κ2) is 4.54. The topological polar surface area (TPSA) is 38.0 Å². The van der Waals surface area contributed by atoms with Gasteiger partial charge in [-0.15, -0.1) is 0 Å². The minimum atomic E-state index is 0.130. The van der Waals surface area contributed by atoms with Crippen molar-refractivity contribution in [2.45, 2.75) is 38.0 Å². The average Bonchev–Trinajstić information content (AvgIpc) is 2.82. The normalized spacial score (nSPS) is 17.5. The SMILES string of the molecule is Cn1c(CCO)nc(C2CCCC2)c1Cl. The molecule has 1 aliphatic carbocycles. The molecule has 3 nitrogen and oxygen atoms in total. The lowest BCUT2D eigenvalue weighted by molar-refractivity contribution is 0.295. The van der Waals surface area contributed by atoms with Gasteiger partial charge < -0.3 is 9.67 Å². The molecule has 0 atom stereocenters. The van der Waals surface area contributed by atoms with E-state index in [9.17, 15) is 0 Å². The highest BCUT2D eigenvalue weighted by molar-refractivity contribution is 6.30. The van der Waals surface area contributed by atoms with E-state index in [2.05, 4.69) is 4.98 Å². The van der Waals surface area contributed by atoms with Gasteiger partial charge in [-0.2, -0.15) is 0 Å². The molecule has 2 rings (SSSR count). The van der Waals surface area contributed by atoms with Crippen molar-refractivity contribution in [2.75, 3.05) is 6.61 Å². The van der Waals surface area contributed by atoms with E-state index in [4.69, 9.17) is 16.7 Å². The van der Waals surface area contributed by atoms with Crippen LogP contribution in [0.2, 0.25) is 5.15 Å². The molecule has 0 aliphatic heterocycles. The minimum absolute atomic E-state index is 0.130. The molecule has 1 saturated carbocycles. The summed E-state index contributed by atoms with van der Waals surface area (Å²) in [5, 5.41) is 9.67. The molecule has 0 aromatic carbocycles. The van der Waals surface area contributed by atoms with Gasteiger partial charge in [0.05, 0.1) is 12.3 Å². The predicted octanol–water partition coefficient (Wildman–Crippen LogP) is 2.27. The van der Waals surface area contributed by atoms with E-state index in [1.165, 1.54) is 25.7 Å². The van der Waals surface area contributed by atoms with Gasteiger partial charge >= 0.3 is 0 Å². The van der Waals surface area contributed by atoms with E-state index in [0.717, 1.165) is 16.7 Å². The van der Waals surface area contributed by atoms with Gasteiger partial charge in [-0.25, -0.2) is 4.98 Å². The number of nitrogens with zero attached hydrogens (tertiary/aromatic N) is 2. The van der Waals surface area contributed by atoms with E-state index in [-0.39, 0.29) is 6.61 Å². The zero-order chi connectivity index (χ0) is 10.8. The summed E-state index contributed by atoms with van der Waals surface area (Å²) in [5.41, 5.74) is 1.04. The number of aromatic nitrogens is 2. The van der Waals surface area contributed by atoms with Crippen LogP contribution in [0.15, 0.2) is 0 Å². The van der Waals surface area contributed by atoms with Crippen molar-refractivity contribution >= 4 is 11.6 Å². The Balaban J connectivity index is 2.27. The molecule has 1 fully saturated rings. The Morgan fingerprint density at radius 1 is 1.47 bits per heavy atom. The molecular formula is C11H17ClN2O. The van der Waals surface area contributed by atoms with E-state index in [1.54, 1.807) is 0 Å². The summed E-state index contributed by atoms with van der Waals surface area (Å²) < 4.78 is 1.89. The lowest BCUT2D eigenvalue weighted by atomic mass is 10.1. The van der Waals surface area contributed by atoms with Crippen LogP contribution in [-0.4, -0.2) is 21.3 Å². The van der Waals surface area contributed by atoms with Crippen LogP contribution in [0.4, 0.5) is 0 Å². The number of imidazole rings is 1. The van der Waals surface area contributed by atoms with Crippen LogP contribution in [0.25, 0.3) is 0 Å². The van der Waals surface area contributed by atoms with E-state index in [0.29, 0.717) is 12.3 Å². The van der Waals surface area contributed by atoms with E-state index >= 15 is 0 Å². The molecule has 0 spiro atoms. The molecule has 0 amide bonds. The van der Waals surface area contributed by atoms with Gasteiger partial charge in [0.25, 0.3) is 0 Å². The third-order valence-corrected chi connectivity index (χ3v) is 3.67. The zero-order valence-electron chi connectivity index (χ0n) is 9.04. The lowest BCUT2D eigenvalue weighted by Gasteiger charge is -2.05. The van der Waals surface area contributed by atoms with Crippen molar-refractivity contribution in [3.63, 3.8) is 0 Å². The number of hydrogen-bond donors (Lipinski definition) is 1. The molecule has 0 radical (unpaired) electrons. The quantitative estimate of drug-likeness (QED) is 0.862. The Hall–Kier alpha value is -0.540. The minimum Gasteiger partial charge on any atom is -0.396 e. The summed E-state index contributed by atoms with van der Waals surface area (Å²) >= 11 is 6.25. The van der Waals surface area contributed by atoms with Crippen molar-refractivity contribution in [3.8, 4) is 0 Å². The molecule has 4 heteroatoms. The summed E-state index contributed by atoms with van der Waals surface area (Å²) in [5.74, 6) is 1.43. The van der Waals surface area contributed by atoms with Gasteiger partial charge in [-0.05, 0) is 12.8 Å². The van der Waals surface area contributed by atoms with Gasteiger partial charge in [-0.3, -0.25) is 0 Å². The van der Waals surface area contributed by atoms with Gasteiger partial charge in [0.15, 0.2) is 0 Å². The molecule has 1 heterocycles. The fraction of sp³-hybridized carbons (Fsp3) is 0.727. The molecule has 0 bridgehead atoms. The number of aliphatic hydroxyl groups is 1. The van der Waals surface area contributed by atoms with E-state index in [1.807, 2.05) is 11.6 Å². The fourth-order valence-electron chi connectivity index (χ4n) is 2.33. The lowest BCUT2D eigenvalue weighted by Crippen LogP contribution is -2.00. The first kappa shape index (κ1) is 11.0. The zero-order valence-corrected chi connectivity index (χ0v) is 9.80. The van der Waals surface area contributed by atoms with Gasteiger partial charge in [-0.1, -0.05) is 24.4 Å². The Morgan fingerprint density at radius 3 is 2.73 bits per heavy atom. The Bertz CT molecular complexity index is 343. The molecular weight excluding hydrogens is 212 g/mol. The maximum atomic E-state index is 8.91. The summed E-state index contributed by atoms with van der Waals surface area (Å²) in [4.78, 5) is 4.55. The third-order valence-electron chi connectivity index (χ3n) is 3.22. The van der Waals surface area contributed by atoms with Crippen LogP contribution in [0.5, 0.6) is 0 Å². The first-order valence-corrected chi connectivity index (χ1v) is 5.93. The highest BCUT2D eigenvalue weighted by Gasteiger charge is 2.24. The van der Waals surface area contributed by atoms with Gasteiger partial charge in [0, 0.05) is 19.4 Å². The molecule has 1 N–H and O–H groups in total. The molecule has 84 valence electrons. The number of hydrogen-bond acceptors (Lipinski definition) is 2. The smallest absolute Gasteiger partial charge is 0.132 e. The average molecular weight is 229 g/mol. The van der Waals surface area contributed by atoms with Gasteiger partial charge in [0.2, 0.25) is 0 Å². The monoisotopic (exact) mass is 228 g/mol. The van der Waals surface area contributed by atoms with Crippen molar-refractivity contribution < 1.29 is 5.11 Å². The first-order valence-electron chi connectivity index (χ1n) is 5.56. The van der Waals surface area contributed by atoms with E-state index < -0.39 is 0 Å². The van der Waals surface area contributed by atoms with Crippen LogP contribution in [-0.2, 0) is 13.5 Å². The van der Waals surface area contributed by atoms with Crippen molar-refractivity contribution in [1.82, 2.24) is 9.55 Å². The van der Waals surface area contributed by atoms with Crippen LogP contribution < -0.4 is 0 Å². The molecule has 1 aromatic rings. The van der Waals surface area contributed by atoms with Crippen LogP contribution in [0.3, 0.4) is 0 Å². The highest BCUT2D eigenvalue weighted by atomic mass is 35.5. The van der Waals surface area contributed by atoms with Crippen molar-refractivity contribution in [3.05, 3.63) is 16.7 Å². The third kappa shape index (κ3) is 2.04. The van der Waals surface area contributed by atoms with Crippen LogP contribution in [0, 0.1) is 0 Å². The van der Waals surface area contributed by atoms with Crippen LogP contribution >= 0.6 is 11.6 Å². The predicted molar refractivity (Wildman–Crippen MR) is 60.2 cm³/mol. The Labute approximate surface area is 95.1 Å². The van der Waals surface area contributed by atoms with Crippen molar-refractivity contribution in [1.29, 1.82) is 0 Å². The second-order valence-corrected chi connectivity index (χ2v) is 4.58. The largest absolute Gasteiger partial charge is 0.396 e. The summed E-state index contributed by atoms with van der Waals surface area (Å²) in [6, 6.07) is 0. The number of halogens is 1. The Kier molecular flexibility index (Phi) is 3.32. The standard InChI is InChI=1S/C11H17ClN2O/c1-14-9(6-7-15)13-10(11(14)12)8-4-2-3-5-8/h8,15H,2-7H2,1H3. The highest BCUT2D eigenvalue weighted by Crippen LogP contribution is 2.37. The Morgan fingerprint density at radius 2 is 2.13 bits per heavy atom. The summed E-state index contributed by atoms with van der Waals surface area (Å²) in [6.45, 7) is 0.130. The van der Waals surface area contributed by atoms with Gasteiger partial charge in [0.1, 0.15) is 11.0 Å². The molecule has 0 saturated heterocycles. The molecule has 15 heavy (non-hydrogen) atoms. The number of rotatable bonds is 3. The molecule has 0 unspecified atom stereocenters. The molecule has 1 aliphatic rings. The fourth-order valence-corrected chi connectivity index (χ4v) is 2.62. The molecule has 1 aromatic heterocycles. The second-order valence-electron chi connectivity index (χ2n) is 4.22. The first-order chi connectivity index (χ1) is 7.24. The van der Waals surface area contributed by atoms with Crippen LogP contribution in [0.1, 0.15) is 43.1 Å². The maximum absolute atomic E-state index is 8.91. The summed E-state index contributed by atoms with van der Waals surface area (Å²) in [7, 11) is 1.92. The summed E-state index contributed by atoms with van der Waals surface area (Å²) in [6.07, 6.45) is 5.56. The number of aliphatic hydroxyl groups excluding tert-OH is 1. The van der Waals surface area contributed by atoms with Crippen molar-refractivity contribution in [2.24, 2.45) is 7.05 Å². The maximum Gasteiger partial charge on any atom is 0.132 e.